The third-order valence-electron chi connectivity index (χ3n) is 4.15. The van der Waals surface area contributed by atoms with Gasteiger partial charge in [0.2, 0.25) is 0 Å². The molecule has 2 aromatic carbocycles. The molecule has 20 heavy (non-hydrogen) atoms. The minimum atomic E-state index is -0.215. The topological polar surface area (TPSA) is 21.3 Å². The van der Waals surface area contributed by atoms with Crippen LogP contribution >= 0.6 is 0 Å². The maximum atomic E-state index is 14.3. The Kier molecular flexibility index (Phi) is 3.45. The summed E-state index contributed by atoms with van der Waals surface area (Å²) < 4.78 is 19.3. The molecule has 0 heterocycles. The maximum Gasteiger partial charge on any atom is 0.131 e. The van der Waals surface area contributed by atoms with Gasteiger partial charge in [0, 0.05) is 23.6 Å². The summed E-state index contributed by atoms with van der Waals surface area (Å²) in [6.45, 7) is 0. The summed E-state index contributed by atoms with van der Waals surface area (Å²) >= 11 is 0. The van der Waals surface area contributed by atoms with E-state index in [4.69, 9.17) is 4.74 Å². The zero-order valence-electron chi connectivity index (χ0n) is 11.7. The van der Waals surface area contributed by atoms with Crippen LogP contribution in [0.3, 0.4) is 0 Å². The molecule has 0 saturated heterocycles. The SMILES string of the molecule is CNC(c1ccc(OC)cc1F)C1Cc2ccccc21. The number of nitrogens with one attached hydrogen (secondary N) is 1. The van der Waals surface area contributed by atoms with Gasteiger partial charge in [-0.1, -0.05) is 30.3 Å². The number of halogens is 1. The van der Waals surface area contributed by atoms with Crippen LogP contribution in [0.2, 0.25) is 0 Å². The first-order chi connectivity index (χ1) is 9.74. The molecule has 0 aliphatic heterocycles. The van der Waals surface area contributed by atoms with Crippen LogP contribution in [0.4, 0.5) is 4.39 Å². The van der Waals surface area contributed by atoms with E-state index in [2.05, 4.69) is 23.5 Å². The van der Waals surface area contributed by atoms with Crippen molar-refractivity contribution >= 4 is 0 Å². The molecule has 2 aromatic rings. The Morgan fingerprint density at radius 3 is 2.70 bits per heavy atom. The fourth-order valence-corrected chi connectivity index (χ4v) is 3.06. The minimum Gasteiger partial charge on any atom is -0.497 e. The number of hydrogen-bond acceptors (Lipinski definition) is 2. The largest absolute Gasteiger partial charge is 0.497 e. The summed E-state index contributed by atoms with van der Waals surface area (Å²) in [6, 6.07) is 13.4. The second-order valence-electron chi connectivity index (χ2n) is 5.16. The van der Waals surface area contributed by atoms with Gasteiger partial charge in [0.1, 0.15) is 11.6 Å². The Morgan fingerprint density at radius 1 is 1.25 bits per heavy atom. The lowest BCUT2D eigenvalue weighted by molar-refractivity contribution is 0.401. The number of methoxy groups -OCH3 is 1. The van der Waals surface area contributed by atoms with E-state index >= 15 is 0 Å². The van der Waals surface area contributed by atoms with Crippen molar-refractivity contribution in [3.8, 4) is 5.75 Å². The summed E-state index contributed by atoms with van der Waals surface area (Å²) in [4.78, 5) is 0. The van der Waals surface area contributed by atoms with E-state index in [0.29, 0.717) is 17.2 Å². The Balaban J connectivity index is 1.92. The van der Waals surface area contributed by atoms with Crippen LogP contribution in [0.25, 0.3) is 0 Å². The molecule has 2 nitrogen and oxygen atoms in total. The van der Waals surface area contributed by atoms with Gasteiger partial charge in [0.05, 0.1) is 7.11 Å². The van der Waals surface area contributed by atoms with Crippen molar-refractivity contribution in [3.63, 3.8) is 0 Å². The normalized spacial score (nSPS) is 18.1. The van der Waals surface area contributed by atoms with Crippen molar-refractivity contribution in [2.45, 2.75) is 18.4 Å². The van der Waals surface area contributed by atoms with E-state index < -0.39 is 0 Å². The van der Waals surface area contributed by atoms with Crippen molar-refractivity contribution in [1.82, 2.24) is 5.32 Å². The van der Waals surface area contributed by atoms with Gasteiger partial charge in [-0.25, -0.2) is 4.39 Å². The first-order valence-corrected chi connectivity index (χ1v) is 6.83. The van der Waals surface area contributed by atoms with Gasteiger partial charge in [-0.3, -0.25) is 0 Å². The Morgan fingerprint density at radius 2 is 2.05 bits per heavy atom. The van der Waals surface area contributed by atoms with E-state index in [-0.39, 0.29) is 11.9 Å². The van der Waals surface area contributed by atoms with E-state index in [9.17, 15) is 4.39 Å². The quantitative estimate of drug-likeness (QED) is 0.919. The molecule has 0 bridgehead atoms. The Bertz CT molecular complexity index is 626. The molecule has 1 N–H and O–H groups in total. The smallest absolute Gasteiger partial charge is 0.131 e. The fourth-order valence-electron chi connectivity index (χ4n) is 3.06. The van der Waals surface area contributed by atoms with Gasteiger partial charge in [-0.05, 0) is 30.7 Å². The first-order valence-electron chi connectivity index (χ1n) is 6.83. The van der Waals surface area contributed by atoms with Crippen molar-refractivity contribution in [1.29, 1.82) is 0 Å². The van der Waals surface area contributed by atoms with Crippen LogP contribution in [-0.4, -0.2) is 14.2 Å². The second kappa shape index (κ2) is 5.25. The Labute approximate surface area is 118 Å². The highest BCUT2D eigenvalue weighted by molar-refractivity contribution is 5.44. The summed E-state index contributed by atoms with van der Waals surface area (Å²) in [6.07, 6.45) is 0.993. The standard InChI is InChI=1S/C17H18FNO/c1-19-17(14-8-7-12(20-2)10-16(14)18)15-9-11-5-3-4-6-13(11)15/h3-8,10,15,17,19H,9H2,1-2H3. The van der Waals surface area contributed by atoms with E-state index in [1.165, 1.54) is 17.2 Å². The summed E-state index contributed by atoms with van der Waals surface area (Å²) in [5, 5.41) is 3.26. The van der Waals surface area contributed by atoms with Gasteiger partial charge in [-0.2, -0.15) is 0 Å². The third kappa shape index (κ3) is 2.08. The number of benzene rings is 2. The van der Waals surface area contributed by atoms with E-state index in [1.54, 1.807) is 7.11 Å². The molecule has 0 amide bonds. The van der Waals surface area contributed by atoms with Crippen molar-refractivity contribution in [2.24, 2.45) is 0 Å². The molecule has 0 fully saturated rings. The molecular weight excluding hydrogens is 253 g/mol. The lowest BCUT2D eigenvalue weighted by Gasteiger charge is -2.37. The fraction of sp³-hybridized carbons (Fsp3) is 0.294. The molecular formula is C17H18FNO. The van der Waals surface area contributed by atoms with Gasteiger partial charge in [-0.15, -0.1) is 0 Å². The van der Waals surface area contributed by atoms with Crippen LogP contribution in [-0.2, 0) is 6.42 Å². The van der Waals surface area contributed by atoms with Crippen molar-refractivity contribution in [3.05, 3.63) is 65.0 Å². The average molecular weight is 271 g/mol. The number of likely N-dealkylation sites (N-methyl/N-ethyl adjacent to an activating group) is 1. The number of rotatable bonds is 4. The lowest BCUT2D eigenvalue weighted by Crippen LogP contribution is -2.31. The zero-order valence-corrected chi connectivity index (χ0v) is 11.7. The predicted octanol–water partition coefficient (Wildman–Crippen LogP) is 3.43. The number of hydrogen-bond donors (Lipinski definition) is 1. The zero-order chi connectivity index (χ0) is 14.1. The van der Waals surface area contributed by atoms with Gasteiger partial charge >= 0.3 is 0 Å². The summed E-state index contributed by atoms with van der Waals surface area (Å²) in [5.74, 6) is 0.669. The van der Waals surface area contributed by atoms with E-state index in [0.717, 1.165) is 6.42 Å². The van der Waals surface area contributed by atoms with Crippen molar-refractivity contribution in [2.75, 3.05) is 14.2 Å². The molecule has 3 heteroatoms. The highest BCUT2D eigenvalue weighted by Crippen LogP contribution is 2.44. The van der Waals surface area contributed by atoms with Gasteiger partial charge < -0.3 is 10.1 Å². The molecule has 0 saturated carbocycles. The molecule has 2 atom stereocenters. The van der Waals surface area contributed by atoms with Gasteiger partial charge in [0.25, 0.3) is 0 Å². The molecule has 1 aliphatic carbocycles. The monoisotopic (exact) mass is 271 g/mol. The maximum absolute atomic E-state index is 14.3. The minimum absolute atomic E-state index is 0.00388. The molecule has 0 spiro atoms. The van der Waals surface area contributed by atoms with Crippen LogP contribution in [0.5, 0.6) is 5.75 Å². The second-order valence-corrected chi connectivity index (χ2v) is 5.16. The van der Waals surface area contributed by atoms with E-state index in [1.807, 2.05) is 25.2 Å². The molecule has 104 valence electrons. The summed E-state index contributed by atoms with van der Waals surface area (Å²) in [5.41, 5.74) is 3.39. The first kappa shape index (κ1) is 13.1. The summed E-state index contributed by atoms with van der Waals surface area (Å²) in [7, 11) is 3.43. The molecule has 2 unspecified atom stereocenters. The van der Waals surface area contributed by atoms with Crippen LogP contribution in [0, 0.1) is 5.82 Å². The van der Waals surface area contributed by atoms with Crippen LogP contribution < -0.4 is 10.1 Å². The average Bonchev–Trinajstić information content (AvgIpc) is 2.45. The predicted molar refractivity (Wildman–Crippen MR) is 77.6 cm³/mol. The number of ether oxygens (including phenoxy) is 1. The number of fused-ring (bicyclic) bond motifs is 1. The molecule has 1 aliphatic rings. The molecule has 0 radical (unpaired) electrons. The Hall–Kier alpha value is -1.87. The third-order valence-corrected chi connectivity index (χ3v) is 4.15. The lowest BCUT2D eigenvalue weighted by atomic mass is 9.71. The molecule has 0 aromatic heterocycles. The highest BCUT2D eigenvalue weighted by atomic mass is 19.1. The van der Waals surface area contributed by atoms with Crippen molar-refractivity contribution < 1.29 is 9.13 Å². The molecule has 3 rings (SSSR count). The van der Waals surface area contributed by atoms with Crippen LogP contribution in [0.1, 0.15) is 28.7 Å². The van der Waals surface area contributed by atoms with Crippen LogP contribution in [0.15, 0.2) is 42.5 Å². The highest BCUT2D eigenvalue weighted by Gasteiger charge is 2.34. The van der Waals surface area contributed by atoms with Gasteiger partial charge in [0.15, 0.2) is 0 Å².